The summed E-state index contributed by atoms with van der Waals surface area (Å²) in [6, 6.07) is 0. The van der Waals surface area contributed by atoms with E-state index in [1.807, 2.05) is 0 Å². The second-order valence-corrected chi connectivity index (χ2v) is 7.33. The molecule has 6 nitrogen and oxygen atoms in total. The Morgan fingerprint density at radius 2 is 1.75 bits per heavy atom. The van der Waals surface area contributed by atoms with Crippen molar-refractivity contribution in [3.8, 4) is 0 Å². The number of aromatic nitrogens is 3. The topological polar surface area (TPSA) is 91.0 Å². The Morgan fingerprint density at radius 3 is 2.25 bits per heavy atom. The van der Waals surface area contributed by atoms with Gasteiger partial charge in [0.2, 0.25) is 9.74 Å². The molecule has 0 atom stereocenters. The molecule has 1 heterocycles. The first-order chi connectivity index (χ1) is 9.09. The number of hydrogen-bond donors (Lipinski definition) is 1. The summed E-state index contributed by atoms with van der Waals surface area (Å²) in [7, 11) is 0. The van der Waals surface area contributed by atoms with Crippen LogP contribution in [0.5, 0.6) is 0 Å². The van der Waals surface area contributed by atoms with Crippen molar-refractivity contribution in [2.24, 2.45) is 5.92 Å². The summed E-state index contributed by atoms with van der Waals surface area (Å²) in [4.78, 5) is 23.5. The standard InChI is InChI=1S/C11H13Cl3N4O2/c1-10(2,20-6(19)5-3-4-5)7-16-8(11(12,13)14)18-9(15)17-7/h5H,3-4H2,1-2H3,(H2,15,16,17,18). The SMILES string of the molecule is CC(C)(OC(=O)C1CC1)c1nc(N)nc(C(Cl)(Cl)Cl)n1. The normalized spacial score (nSPS) is 16.1. The van der Waals surface area contributed by atoms with Gasteiger partial charge in [0, 0.05) is 0 Å². The number of anilines is 1. The number of nitrogen functional groups attached to an aromatic ring is 1. The number of nitrogens with zero attached hydrogens (tertiary/aromatic N) is 3. The van der Waals surface area contributed by atoms with Crippen LogP contribution in [-0.4, -0.2) is 20.9 Å². The average Bonchev–Trinajstić information content (AvgIpc) is 3.09. The Balaban J connectivity index is 2.30. The first kappa shape index (κ1) is 15.5. The molecule has 0 saturated heterocycles. The molecule has 1 aliphatic rings. The number of carbonyl (C=O) groups excluding carboxylic acids is 1. The number of alkyl halides is 3. The number of rotatable bonds is 3. The Hall–Kier alpha value is -0.850. The highest BCUT2D eigenvalue weighted by Crippen LogP contribution is 2.37. The van der Waals surface area contributed by atoms with E-state index in [4.69, 9.17) is 45.3 Å². The van der Waals surface area contributed by atoms with Gasteiger partial charge in [-0.15, -0.1) is 0 Å². The quantitative estimate of drug-likeness (QED) is 0.672. The Bertz CT molecular complexity index is 541. The molecular weight excluding hydrogens is 327 g/mol. The van der Waals surface area contributed by atoms with Crippen LogP contribution < -0.4 is 5.73 Å². The predicted octanol–water partition coefficient (Wildman–Crippen LogP) is 2.47. The zero-order valence-corrected chi connectivity index (χ0v) is 13.1. The number of ether oxygens (including phenoxy) is 1. The summed E-state index contributed by atoms with van der Waals surface area (Å²) >= 11 is 17.2. The molecule has 0 aromatic carbocycles. The van der Waals surface area contributed by atoms with Gasteiger partial charge >= 0.3 is 5.97 Å². The van der Waals surface area contributed by atoms with Crippen LogP contribution in [0, 0.1) is 5.92 Å². The zero-order chi connectivity index (χ0) is 15.1. The van der Waals surface area contributed by atoms with Crippen LogP contribution in [0.25, 0.3) is 0 Å². The lowest BCUT2D eigenvalue weighted by atomic mass is 10.1. The lowest BCUT2D eigenvalue weighted by Gasteiger charge is -2.24. The number of esters is 1. The van der Waals surface area contributed by atoms with Gasteiger partial charge in [-0.1, -0.05) is 34.8 Å². The third-order valence-electron chi connectivity index (χ3n) is 2.71. The predicted molar refractivity (Wildman–Crippen MR) is 75.3 cm³/mol. The maximum atomic E-state index is 11.8. The summed E-state index contributed by atoms with van der Waals surface area (Å²) < 4.78 is 3.56. The van der Waals surface area contributed by atoms with Crippen LogP contribution in [-0.2, 0) is 18.9 Å². The Morgan fingerprint density at radius 1 is 1.20 bits per heavy atom. The highest BCUT2D eigenvalue weighted by atomic mass is 35.6. The van der Waals surface area contributed by atoms with Gasteiger partial charge in [0.25, 0.3) is 0 Å². The molecule has 2 N–H and O–H groups in total. The first-order valence-electron chi connectivity index (χ1n) is 5.91. The molecule has 1 aromatic heterocycles. The Labute approximate surface area is 131 Å². The average molecular weight is 340 g/mol. The molecule has 0 radical (unpaired) electrons. The number of hydrogen-bond acceptors (Lipinski definition) is 6. The molecule has 0 aliphatic heterocycles. The third kappa shape index (κ3) is 3.62. The van der Waals surface area contributed by atoms with Gasteiger partial charge in [-0.3, -0.25) is 4.79 Å². The van der Waals surface area contributed by atoms with Gasteiger partial charge in [-0.2, -0.15) is 9.97 Å². The van der Waals surface area contributed by atoms with Crippen molar-refractivity contribution in [2.45, 2.75) is 36.1 Å². The van der Waals surface area contributed by atoms with E-state index in [2.05, 4.69) is 15.0 Å². The third-order valence-corrected chi connectivity index (χ3v) is 3.22. The Kier molecular flexibility index (Phi) is 4.01. The van der Waals surface area contributed by atoms with Gasteiger partial charge in [0.05, 0.1) is 5.92 Å². The van der Waals surface area contributed by atoms with Gasteiger partial charge in [0.1, 0.15) is 0 Å². The summed E-state index contributed by atoms with van der Waals surface area (Å²) in [6.45, 7) is 3.29. The molecule has 9 heteroatoms. The van der Waals surface area contributed by atoms with Crippen molar-refractivity contribution >= 4 is 46.7 Å². The van der Waals surface area contributed by atoms with Crippen LogP contribution in [0.4, 0.5) is 5.95 Å². The molecule has 0 spiro atoms. The van der Waals surface area contributed by atoms with E-state index in [1.54, 1.807) is 13.8 Å². The van der Waals surface area contributed by atoms with Gasteiger partial charge in [-0.25, -0.2) is 4.98 Å². The second kappa shape index (κ2) is 5.16. The van der Waals surface area contributed by atoms with E-state index in [1.165, 1.54) is 0 Å². The first-order valence-corrected chi connectivity index (χ1v) is 7.05. The van der Waals surface area contributed by atoms with Crippen molar-refractivity contribution < 1.29 is 9.53 Å². The molecular formula is C11H13Cl3N4O2. The molecule has 1 aromatic rings. The molecule has 0 unspecified atom stereocenters. The molecule has 0 bridgehead atoms. The minimum absolute atomic E-state index is 0.0406. The van der Waals surface area contributed by atoms with E-state index in [-0.39, 0.29) is 29.5 Å². The second-order valence-electron chi connectivity index (χ2n) is 5.04. The van der Waals surface area contributed by atoms with Crippen LogP contribution in [0.1, 0.15) is 38.3 Å². The van der Waals surface area contributed by atoms with E-state index in [9.17, 15) is 4.79 Å². The minimum atomic E-state index is -1.83. The summed E-state index contributed by atoms with van der Waals surface area (Å²) in [5.41, 5.74) is 4.50. The van der Waals surface area contributed by atoms with E-state index >= 15 is 0 Å². The summed E-state index contributed by atoms with van der Waals surface area (Å²) in [6.07, 6.45) is 1.68. The lowest BCUT2D eigenvalue weighted by Crippen LogP contribution is -2.30. The number of halogens is 3. The fraction of sp³-hybridized carbons (Fsp3) is 0.636. The van der Waals surface area contributed by atoms with Gasteiger partial charge in [0.15, 0.2) is 17.2 Å². The maximum absolute atomic E-state index is 11.8. The van der Waals surface area contributed by atoms with E-state index in [0.717, 1.165) is 12.8 Å². The van der Waals surface area contributed by atoms with E-state index < -0.39 is 9.39 Å². The van der Waals surface area contributed by atoms with Crippen molar-refractivity contribution in [1.29, 1.82) is 0 Å². The maximum Gasteiger partial charge on any atom is 0.309 e. The number of carbonyl (C=O) groups is 1. The monoisotopic (exact) mass is 338 g/mol. The molecule has 20 heavy (non-hydrogen) atoms. The van der Waals surface area contributed by atoms with Crippen LogP contribution in [0.2, 0.25) is 0 Å². The molecule has 1 saturated carbocycles. The van der Waals surface area contributed by atoms with Crippen molar-refractivity contribution in [2.75, 3.05) is 5.73 Å². The largest absolute Gasteiger partial charge is 0.451 e. The van der Waals surface area contributed by atoms with Crippen LogP contribution >= 0.6 is 34.8 Å². The summed E-state index contributed by atoms with van der Waals surface area (Å²) in [5, 5.41) is 0. The van der Waals surface area contributed by atoms with Crippen LogP contribution in [0.15, 0.2) is 0 Å². The van der Waals surface area contributed by atoms with Gasteiger partial charge < -0.3 is 10.5 Å². The number of nitrogens with two attached hydrogens (primary N) is 1. The molecule has 1 fully saturated rings. The highest BCUT2D eigenvalue weighted by molar-refractivity contribution is 6.66. The van der Waals surface area contributed by atoms with Crippen molar-refractivity contribution in [3.05, 3.63) is 11.6 Å². The zero-order valence-electron chi connectivity index (χ0n) is 10.9. The van der Waals surface area contributed by atoms with E-state index in [0.29, 0.717) is 0 Å². The van der Waals surface area contributed by atoms with Crippen molar-refractivity contribution in [3.63, 3.8) is 0 Å². The summed E-state index contributed by atoms with van der Waals surface area (Å²) in [5.74, 6) is -0.404. The lowest BCUT2D eigenvalue weighted by molar-refractivity contribution is -0.159. The molecule has 2 rings (SSSR count). The van der Waals surface area contributed by atoms with Crippen LogP contribution in [0.3, 0.4) is 0 Å². The molecule has 1 aliphatic carbocycles. The highest BCUT2D eigenvalue weighted by Gasteiger charge is 2.38. The minimum Gasteiger partial charge on any atom is -0.451 e. The fourth-order valence-electron chi connectivity index (χ4n) is 1.49. The van der Waals surface area contributed by atoms with Crippen molar-refractivity contribution in [1.82, 2.24) is 15.0 Å². The smallest absolute Gasteiger partial charge is 0.309 e. The van der Waals surface area contributed by atoms with Gasteiger partial charge in [-0.05, 0) is 26.7 Å². The molecule has 0 amide bonds. The molecule has 110 valence electrons. The fourth-order valence-corrected chi connectivity index (χ4v) is 1.74.